The van der Waals surface area contributed by atoms with Crippen molar-refractivity contribution >= 4 is 34.8 Å². The number of hydrogen-bond acceptors (Lipinski definition) is 2. The van der Waals surface area contributed by atoms with Crippen LogP contribution in [0.15, 0.2) is 42.5 Å². The van der Waals surface area contributed by atoms with Gasteiger partial charge in [0.15, 0.2) is 6.61 Å². The van der Waals surface area contributed by atoms with E-state index in [4.69, 9.17) is 27.9 Å². The predicted molar refractivity (Wildman–Crippen MR) is 81.8 cm³/mol. The molecule has 0 radical (unpaired) electrons. The first-order valence-electron chi connectivity index (χ1n) is 5.99. The van der Waals surface area contributed by atoms with Gasteiger partial charge in [0.05, 0.1) is 5.02 Å². The van der Waals surface area contributed by atoms with Crippen LogP contribution in [0.25, 0.3) is 0 Å². The summed E-state index contributed by atoms with van der Waals surface area (Å²) in [4.78, 5) is 11.7. The zero-order valence-electron chi connectivity index (χ0n) is 10.8. The second-order valence-electron chi connectivity index (χ2n) is 4.23. The van der Waals surface area contributed by atoms with Gasteiger partial charge >= 0.3 is 0 Å². The summed E-state index contributed by atoms with van der Waals surface area (Å²) in [6, 6.07) is 12.5. The molecule has 0 aliphatic carbocycles. The van der Waals surface area contributed by atoms with E-state index >= 15 is 0 Å². The summed E-state index contributed by atoms with van der Waals surface area (Å²) in [6.45, 7) is 1.73. The average molecular weight is 310 g/mol. The molecule has 0 aliphatic rings. The number of aryl methyl sites for hydroxylation is 1. The Morgan fingerprint density at radius 2 is 1.85 bits per heavy atom. The van der Waals surface area contributed by atoms with E-state index in [-0.39, 0.29) is 12.5 Å². The van der Waals surface area contributed by atoms with E-state index in [1.165, 1.54) is 0 Å². The molecule has 0 atom stereocenters. The van der Waals surface area contributed by atoms with Crippen LogP contribution in [-0.2, 0) is 4.79 Å². The van der Waals surface area contributed by atoms with Crippen LogP contribution >= 0.6 is 23.2 Å². The molecule has 0 fully saturated rings. The number of nitrogens with one attached hydrogen (secondary N) is 1. The number of ether oxygens (including phenoxy) is 1. The first kappa shape index (κ1) is 14.7. The van der Waals surface area contributed by atoms with Crippen LogP contribution in [0, 0.1) is 6.92 Å². The molecule has 2 aromatic carbocycles. The topological polar surface area (TPSA) is 38.3 Å². The summed E-state index contributed by atoms with van der Waals surface area (Å²) >= 11 is 11.9. The van der Waals surface area contributed by atoms with Crippen LogP contribution in [0.3, 0.4) is 0 Å². The standard InChI is InChI=1S/C15H13Cl2NO2/c1-10-7-14(13(17)8-12(10)16)20-9-15(19)18-11-5-3-2-4-6-11/h2-8H,9H2,1H3,(H,18,19). The largest absolute Gasteiger partial charge is 0.482 e. The van der Waals surface area contributed by atoms with Crippen LogP contribution in [0.5, 0.6) is 5.75 Å². The lowest BCUT2D eigenvalue weighted by Crippen LogP contribution is -2.20. The minimum absolute atomic E-state index is 0.115. The van der Waals surface area contributed by atoms with Gasteiger partial charge in [0.1, 0.15) is 5.75 Å². The maximum Gasteiger partial charge on any atom is 0.262 e. The van der Waals surface area contributed by atoms with E-state index in [0.717, 1.165) is 11.3 Å². The Morgan fingerprint density at radius 3 is 2.55 bits per heavy atom. The molecule has 1 N–H and O–H groups in total. The monoisotopic (exact) mass is 309 g/mol. The highest BCUT2D eigenvalue weighted by molar-refractivity contribution is 6.36. The highest BCUT2D eigenvalue weighted by atomic mass is 35.5. The molecule has 2 aromatic rings. The lowest BCUT2D eigenvalue weighted by atomic mass is 10.2. The number of carbonyl (C=O) groups is 1. The lowest BCUT2D eigenvalue weighted by Gasteiger charge is -2.10. The van der Waals surface area contributed by atoms with E-state index in [1.54, 1.807) is 24.3 Å². The third kappa shape index (κ3) is 3.89. The van der Waals surface area contributed by atoms with Gasteiger partial charge in [-0.3, -0.25) is 4.79 Å². The summed E-state index contributed by atoms with van der Waals surface area (Å²) in [6.07, 6.45) is 0. The Labute approximate surface area is 127 Å². The fourth-order valence-electron chi connectivity index (χ4n) is 1.60. The van der Waals surface area contributed by atoms with Crippen molar-refractivity contribution in [2.24, 2.45) is 0 Å². The van der Waals surface area contributed by atoms with Crippen molar-refractivity contribution in [2.45, 2.75) is 6.92 Å². The number of halogens is 2. The molecule has 1 amide bonds. The number of anilines is 1. The van der Waals surface area contributed by atoms with E-state index in [0.29, 0.717) is 15.8 Å². The SMILES string of the molecule is Cc1cc(OCC(=O)Nc2ccccc2)c(Cl)cc1Cl. The molecule has 0 saturated carbocycles. The van der Waals surface area contributed by atoms with E-state index in [1.807, 2.05) is 25.1 Å². The third-order valence-corrected chi connectivity index (χ3v) is 3.33. The van der Waals surface area contributed by atoms with Crippen LogP contribution in [0.2, 0.25) is 10.0 Å². The highest BCUT2D eigenvalue weighted by Gasteiger charge is 2.08. The van der Waals surface area contributed by atoms with Gasteiger partial charge in [0.2, 0.25) is 0 Å². The van der Waals surface area contributed by atoms with Crippen molar-refractivity contribution in [3.63, 3.8) is 0 Å². The van der Waals surface area contributed by atoms with Crippen LogP contribution in [-0.4, -0.2) is 12.5 Å². The summed E-state index contributed by atoms with van der Waals surface area (Å²) in [7, 11) is 0. The number of para-hydroxylation sites is 1. The molecule has 2 rings (SSSR count). The molecule has 0 aromatic heterocycles. The van der Waals surface area contributed by atoms with Crippen molar-refractivity contribution in [1.82, 2.24) is 0 Å². The third-order valence-electron chi connectivity index (χ3n) is 2.63. The van der Waals surface area contributed by atoms with Gasteiger partial charge < -0.3 is 10.1 Å². The molecule has 20 heavy (non-hydrogen) atoms. The van der Waals surface area contributed by atoms with Crippen molar-refractivity contribution in [3.8, 4) is 5.75 Å². The minimum atomic E-state index is -0.250. The molecule has 3 nitrogen and oxygen atoms in total. The molecule has 0 heterocycles. The van der Waals surface area contributed by atoms with Gasteiger partial charge in [-0.1, -0.05) is 41.4 Å². The van der Waals surface area contributed by atoms with E-state index in [9.17, 15) is 4.79 Å². The summed E-state index contributed by atoms with van der Waals surface area (Å²) in [5, 5.41) is 3.67. The Morgan fingerprint density at radius 1 is 1.15 bits per heavy atom. The first-order valence-corrected chi connectivity index (χ1v) is 6.75. The molecule has 0 spiro atoms. The molecular weight excluding hydrogens is 297 g/mol. The zero-order valence-corrected chi connectivity index (χ0v) is 12.3. The maximum atomic E-state index is 11.7. The molecule has 104 valence electrons. The highest BCUT2D eigenvalue weighted by Crippen LogP contribution is 2.30. The molecule has 0 saturated heterocycles. The number of amides is 1. The van der Waals surface area contributed by atoms with Crippen LogP contribution in [0.1, 0.15) is 5.56 Å². The van der Waals surface area contributed by atoms with Gasteiger partial charge in [-0.05, 0) is 36.8 Å². The number of hydrogen-bond donors (Lipinski definition) is 1. The van der Waals surface area contributed by atoms with Crippen molar-refractivity contribution in [2.75, 3.05) is 11.9 Å². The number of benzene rings is 2. The molecule has 5 heteroatoms. The summed E-state index contributed by atoms with van der Waals surface area (Å²) in [5.74, 6) is 0.191. The van der Waals surface area contributed by atoms with Gasteiger partial charge in [-0.2, -0.15) is 0 Å². The van der Waals surface area contributed by atoms with Crippen molar-refractivity contribution < 1.29 is 9.53 Å². The van der Waals surface area contributed by atoms with Crippen LogP contribution in [0.4, 0.5) is 5.69 Å². The normalized spacial score (nSPS) is 10.2. The molecule has 0 unspecified atom stereocenters. The molecule has 0 bridgehead atoms. The zero-order chi connectivity index (χ0) is 14.5. The lowest BCUT2D eigenvalue weighted by molar-refractivity contribution is -0.118. The Balaban J connectivity index is 1.95. The van der Waals surface area contributed by atoms with Crippen LogP contribution < -0.4 is 10.1 Å². The van der Waals surface area contributed by atoms with Gasteiger partial charge in [-0.15, -0.1) is 0 Å². The number of rotatable bonds is 4. The second kappa shape index (κ2) is 6.64. The fourth-order valence-corrected chi connectivity index (χ4v) is 2.04. The fraction of sp³-hybridized carbons (Fsp3) is 0.133. The second-order valence-corrected chi connectivity index (χ2v) is 5.05. The van der Waals surface area contributed by atoms with Gasteiger partial charge in [-0.25, -0.2) is 0 Å². The molecular formula is C15H13Cl2NO2. The average Bonchev–Trinajstić information content (AvgIpc) is 2.42. The summed E-state index contributed by atoms with van der Waals surface area (Å²) < 4.78 is 5.40. The Hall–Kier alpha value is -1.71. The smallest absolute Gasteiger partial charge is 0.262 e. The van der Waals surface area contributed by atoms with E-state index < -0.39 is 0 Å². The van der Waals surface area contributed by atoms with Gasteiger partial charge in [0, 0.05) is 10.7 Å². The quantitative estimate of drug-likeness (QED) is 0.913. The number of carbonyl (C=O) groups excluding carboxylic acids is 1. The van der Waals surface area contributed by atoms with Crippen molar-refractivity contribution in [1.29, 1.82) is 0 Å². The first-order chi connectivity index (χ1) is 9.56. The minimum Gasteiger partial charge on any atom is -0.482 e. The Bertz CT molecular complexity index is 615. The predicted octanol–water partition coefficient (Wildman–Crippen LogP) is 4.32. The van der Waals surface area contributed by atoms with E-state index in [2.05, 4.69) is 5.32 Å². The Kier molecular flexibility index (Phi) is 4.88. The van der Waals surface area contributed by atoms with Crippen molar-refractivity contribution in [3.05, 3.63) is 58.1 Å². The molecule has 0 aliphatic heterocycles. The van der Waals surface area contributed by atoms with Gasteiger partial charge in [0.25, 0.3) is 5.91 Å². The maximum absolute atomic E-state index is 11.7. The summed E-state index contributed by atoms with van der Waals surface area (Å²) in [5.41, 5.74) is 1.56.